The Balaban J connectivity index is 3.37. The summed E-state index contributed by atoms with van der Waals surface area (Å²) >= 11 is 13.2. The summed E-state index contributed by atoms with van der Waals surface area (Å²) in [6, 6.07) is 0. The Labute approximate surface area is 89.2 Å². The summed E-state index contributed by atoms with van der Waals surface area (Å²) in [6.45, 7) is 0. The molecule has 8 heteroatoms. The van der Waals surface area contributed by atoms with Crippen LogP contribution in [0.5, 0.6) is 0 Å². The van der Waals surface area contributed by atoms with Crippen LogP contribution in [-0.2, 0) is 6.18 Å². The summed E-state index contributed by atoms with van der Waals surface area (Å²) in [5.74, 6) is 0. The molecule has 1 aromatic heterocycles. The maximum Gasteiger partial charge on any atom is 0.434 e. The second-order valence-electron chi connectivity index (χ2n) is 1.94. The molecule has 0 fully saturated rings. The van der Waals surface area contributed by atoms with Gasteiger partial charge >= 0.3 is 6.18 Å². The van der Waals surface area contributed by atoms with E-state index in [4.69, 9.17) is 23.2 Å². The van der Waals surface area contributed by atoms with Gasteiger partial charge in [0, 0.05) is 0 Å². The maximum absolute atomic E-state index is 12.2. The number of aromatic nitrogens is 2. The van der Waals surface area contributed by atoms with Crippen molar-refractivity contribution in [1.29, 1.82) is 0 Å². The molecule has 0 bridgehead atoms. The average Bonchev–Trinajstić information content (AvgIpc) is 1.94. The zero-order valence-corrected chi connectivity index (χ0v) is 8.76. The van der Waals surface area contributed by atoms with Crippen molar-refractivity contribution in [2.24, 2.45) is 0 Å². The van der Waals surface area contributed by atoms with Gasteiger partial charge in [0.15, 0.2) is 5.69 Å². The van der Waals surface area contributed by atoms with Crippen LogP contribution >= 0.6 is 39.1 Å². The van der Waals surface area contributed by atoms with Crippen LogP contribution in [0.25, 0.3) is 0 Å². The van der Waals surface area contributed by atoms with E-state index in [0.717, 1.165) is 0 Å². The number of rotatable bonds is 0. The lowest BCUT2D eigenvalue weighted by Gasteiger charge is -2.08. The minimum Gasteiger partial charge on any atom is -0.212 e. The van der Waals surface area contributed by atoms with Gasteiger partial charge in [0.05, 0.1) is 4.47 Å². The monoisotopic (exact) mass is 294 g/mol. The molecule has 1 aromatic rings. The molecule has 0 aliphatic carbocycles. The van der Waals surface area contributed by atoms with E-state index in [9.17, 15) is 13.2 Å². The molecule has 1 heterocycles. The van der Waals surface area contributed by atoms with Crippen LogP contribution in [0.2, 0.25) is 10.4 Å². The van der Waals surface area contributed by atoms with Crippen LogP contribution < -0.4 is 0 Å². The van der Waals surface area contributed by atoms with Crippen LogP contribution in [0.1, 0.15) is 5.69 Å². The van der Waals surface area contributed by atoms with Crippen molar-refractivity contribution in [1.82, 2.24) is 9.97 Å². The highest BCUT2D eigenvalue weighted by atomic mass is 79.9. The van der Waals surface area contributed by atoms with Crippen molar-refractivity contribution in [2.45, 2.75) is 6.18 Å². The Morgan fingerprint density at radius 2 is 1.69 bits per heavy atom. The van der Waals surface area contributed by atoms with E-state index in [1.165, 1.54) is 0 Å². The predicted octanol–water partition coefficient (Wildman–Crippen LogP) is 3.56. The van der Waals surface area contributed by atoms with E-state index in [1.54, 1.807) is 0 Å². The molecule has 0 atom stereocenters. The van der Waals surface area contributed by atoms with Crippen molar-refractivity contribution in [3.8, 4) is 0 Å². The smallest absolute Gasteiger partial charge is 0.212 e. The molecule has 0 radical (unpaired) electrons. The van der Waals surface area contributed by atoms with Gasteiger partial charge < -0.3 is 0 Å². The minimum absolute atomic E-state index is 0.368. The van der Waals surface area contributed by atoms with E-state index in [2.05, 4.69) is 25.9 Å². The van der Waals surface area contributed by atoms with E-state index in [-0.39, 0.29) is 5.15 Å². The summed E-state index contributed by atoms with van der Waals surface area (Å²) in [6.07, 6.45) is -4.60. The highest BCUT2D eigenvalue weighted by Crippen LogP contribution is 2.36. The molecular formula is C5BrCl2F3N2. The summed E-state index contributed by atoms with van der Waals surface area (Å²) in [4.78, 5) is 6.32. The molecule has 0 spiro atoms. The molecule has 0 N–H and O–H groups in total. The van der Waals surface area contributed by atoms with Gasteiger partial charge in [0.2, 0.25) is 5.28 Å². The van der Waals surface area contributed by atoms with Crippen molar-refractivity contribution in [2.75, 3.05) is 0 Å². The Bertz CT molecular complexity index is 341. The molecule has 13 heavy (non-hydrogen) atoms. The number of alkyl halides is 3. The number of nitrogens with zero attached hydrogens (tertiary/aromatic N) is 2. The number of hydrogen-bond donors (Lipinski definition) is 0. The summed E-state index contributed by atoms with van der Waals surface area (Å²) in [5, 5.41) is -0.909. The molecule has 0 saturated heterocycles. The molecule has 0 unspecified atom stereocenters. The first-order valence-corrected chi connectivity index (χ1v) is 4.33. The Kier molecular flexibility index (Phi) is 3.04. The van der Waals surface area contributed by atoms with Crippen molar-refractivity contribution in [3.05, 3.63) is 20.6 Å². The fourth-order valence-electron chi connectivity index (χ4n) is 0.582. The van der Waals surface area contributed by atoms with Crippen LogP contribution in [0.4, 0.5) is 13.2 Å². The standard InChI is InChI=1S/C5BrCl2F3N2/c6-1-2(5(9,10)11)12-4(8)13-3(1)7. The third kappa shape index (κ3) is 2.45. The molecule has 1 rings (SSSR count). The number of hydrogen-bond acceptors (Lipinski definition) is 2. The lowest BCUT2D eigenvalue weighted by molar-refractivity contribution is -0.141. The van der Waals surface area contributed by atoms with Gasteiger partial charge in [-0.15, -0.1) is 0 Å². The third-order valence-corrected chi connectivity index (χ3v) is 2.47. The van der Waals surface area contributed by atoms with Gasteiger partial charge in [0.1, 0.15) is 5.15 Å². The lowest BCUT2D eigenvalue weighted by Crippen LogP contribution is -2.10. The quantitative estimate of drug-likeness (QED) is 0.540. The Morgan fingerprint density at radius 3 is 2.15 bits per heavy atom. The van der Waals surface area contributed by atoms with Crippen molar-refractivity contribution < 1.29 is 13.2 Å². The van der Waals surface area contributed by atoms with Gasteiger partial charge in [-0.05, 0) is 27.5 Å². The molecule has 0 aliphatic heterocycles. The normalized spacial score (nSPS) is 11.8. The van der Waals surface area contributed by atoms with Gasteiger partial charge in [-0.3, -0.25) is 0 Å². The zero-order valence-electron chi connectivity index (χ0n) is 5.66. The molecule has 0 aromatic carbocycles. The Morgan fingerprint density at radius 1 is 1.15 bits per heavy atom. The van der Waals surface area contributed by atoms with E-state index in [1.807, 2.05) is 0 Å². The van der Waals surface area contributed by atoms with E-state index >= 15 is 0 Å². The first kappa shape index (κ1) is 11.0. The first-order valence-electron chi connectivity index (χ1n) is 2.78. The van der Waals surface area contributed by atoms with Gasteiger partial charge in [-0.2, -0.15) is 13.2 Å². The molecular weight excluding hydrogens is 296 g/mol. The van der Waals surface area contributed by atoms with Crippen molar-refractivity contribution >= 4 is 39.1 Å². The first-order chi connectivity index (χ1) is 5.82. The van der Waals surface area contributed by atoms with Crippen LogP contribution in [0.15, 0.2) is 4.47 Å². The second-order valence-corrected chi connectivity index (χ2v) is 3.43. The van der Waals surface area contributed by atoms with Crippen LogP contribution in [0.3, 0.4) is 0 Å². The second kappa shape index (κ2) is 3.59. The van der Waals surface area contributed by atoms with E-state index < -0.39 is 21.6 Å². The fraction of sp³-hybridized carbons (Fsp3) is 0.200. The van der Waals surface area contributed by atoms with E-state index in [0.29, 0.717) is 0 Å². The topological polar surface area (TPSA) is 25.8 Å². The Hall–Kier alpha value is -0.0700. The lowest BCUT2D eigenvalue weighted by atomic mass is 10.4. The maximum atomic E-state index is 12.2. The highest BCUT2D eigenvalue weighted by molar-refractivity contribution is 9.10. The predicted molar refractivity (Wildman–Crippen MR) is 44.8 cm³/mol. The summed E-state index contributed by atoms with van der Waals surface area (Å²) < 4.78 is 36.1. The summed E-state index contributed by atoms with van der Waals surface area (Å²) in [5.41, 5.74) is -1.18. The zero-order chi connectivity index (χ0) is 10.2. The van der Waals surface area contributed by atoms with Gasteiger partial charge in [-0.1, -0.05) is 11.6 Å². The van der Waals surface area contributed by atoms with Crippen LogP contribution in [-0.4, -0.2) is 9.97 Å². The van der Waals surface area contributed by atoms with Gasteiger partial charge in [-0.25, -0.2) is 9.97 Å². The summed E-state index contributed by atoms with van der Waals surface area (Å²) in [7, 11) is 0. The highest BCUT2D eigenvalue weighted by Gasteiger charge is 2.36. The fourth-order valence-corrected chi connectivity index (χ4v) is 1.37. The number of halogens is 6. The largest absolute Gasteiger partial charge is 0.434 e. The minimum atomic E-state index is -4.60. The van der Waals surface area contributed by atoms with Crippen LogP contribution in [0, 0.1) is 0 Å². The molecule has 72 valence electrons. The molecule has 0 saturated carbocycles. The third-order valence-electron chi connectivity index (χ3n) is 1.05. The molecule has 0 aliphatic rings. The molecule has 0 amide bonds. The average molecular weight is 296 g/mol. The molecule has 2 nitrogen and oxygen atoms in total. The SMILES string of the molecule is FC(F)(F)c1nc(Cl)nc(Cl)c1Br. The van der Waals surface area contributed by atoms with Crippen molar-refractivity contribution in [3.63, 3.8) is 0 Å². The van der Waals surface area contributed by atoms with Gasteiger partial charge in [0.25, 0.3) is 0 Å².